The molecule has 0 aliphatic heterocycles. The summed E-state index contributed by atoms with van der Waals surface area (Å²) in [5.74, 6) is 0. The molecule has 2 rings (SSSR count). The molecule has 1 atom stereocenters. The smallest absolute Gasteiger partial charge is 0.0740 e. The van der Waals surface area contributed by atoms with Gasteiger partial charge in [-0.15, -0.1) is 0 Å². The summed E-state index contributed by atoms with van der Waals surface area (Å²) < 4.78 is 3.24. The van der Waals surface area contributed by atoms with Crippen LogP contribution >= 0.6 is 22.6 Å². The maximum Gasteiger partial charge on any atom is 0.0740 e. The Morgan fingerprint density at radius 1 is 1.27 bits per heavy atom. The molecule has 1 unspecified atom stereocenters. The first-order valence-electron chi connectivity index (χ1n) is 4.94. The third-order valence-corrected chi connectivity index (χ3v) is 3.59. The maximum absolute atomic E-state index is 4.50. The summed E-state index contributed by atoms with van der Waals surface area (Å²) in [5, 5.41) is 4.50. The van der Waals surface area contributed by atoms with Crippen molar-refractivity contribution >= 4 is 22.6 Å². The van der Waals surface area contributed by atoms with E-state index in [1.165, 1.54) is 9.13 Å². The zero-order valence-electron chi connectivity index (χ0n) is 8.81. The van der Waals surface area contributed by atoms with Crippen LogP contribution in [-0.2, 0) is 0 Å². The first-order valence-corrected chi connectivity index (χ1v) is 6.02. The van der Waals surface area contributed by atoms with E-state index in [-0.39, 0.29) is 0 Å². The summed E-state index contributed by atoms with van der Waals surface area (Å²) >= 11 is 2.31. The highest BCUT2D eigenvalue weighted by molar-refractivity contribution is 14.1. The van der Waals surface area contributed by atoms with E-state index in [0.717, 1.165) is 5.69 Å². The van der Waals surface area contributed by atoms with Gasteiger partial charge >= 0.3 is 0 Å². The molecule has 0 spiro atoms. The second-order valence-electron chi connectivity index (χ2n) is 3.63. The van der Waals surface area contributed by atoms with Gasteiger partial charge in [-0.25, -0.2) is 0 Å². The van der Waals surface area contributed by atoms with Gasteiger partial charge in [-0.05, 0) is 42.0 Å². The number of halogens is 1. The predicted molar refractivity (Wildman–Crippen MR) is 69.9 cm³/mol. The van der Waals surface area contributed by atoms with Gasteiger partial charge in [0.15, 0.2) is 0 Å². The van der Waals surface area contributed by atoms with Crippen LogP contribution < -0.4 is 0 Å². The van der Waals surface area contributed by atoms with Gasteiger partial charge in [0.25, 0.3) is 0 Å². The van der Waals surface area contributed by atoms with Gasteiger partial charge in [0.05, 0.1) is 15.3 Å². The van der Waals surface area contributed by atoms with Crippen molar-refractivity contribution in [3.8, 4) is 0 Å². The molecule has 0 N–H and O–H groups in total. The topological polar surface area (TPSA) is 17.8 Å². The standard InChI is InChI=1S/C12H13IN2/c1-9-12(13)8-15(14-9)10(2)11-6-4-3-5-7-11/h3-8,10H,1-2H3. The highest BCUT2D eigenvalue weighted by Gasteiger charge is 2.09. The quantitative estimate of drug-likeness (QED) is 0.777. The monoisotopic (exact) mass is 312 g/mol. The Bertz CT molecular complexity index is 428. The summed E-state index contributed by atoms with van der Waals surface area (Å²) in [6.45, 7) is 4.20. The second-order valence-corrected chi connectivity index (χ2v) is 4.79. The Labute approximate surface area is 103 Å². The molecule has 0 aliphatic carbocycles. The van der Waals surface area contributed by atoms with Crippen LogP contribution in [0.1, 0.15) is 24.2 Å². The highest BCUT2D eigenvalue weighted by Crippen LogP contribution is 2.19. The molecule has 1 heterocycles. The molecule has 1 aromatic carbocycles. The first-order chi connectivity index (χ1) is 7.18. The maximum atomic E-state index is 4.50. The van der Waals surface area contributed by atoms with Crippen LogP contribution in [0.5, 0.6) is 0 Å². The molecule has 2 nitrogen and oxygen atoms in total. The third kappa shape index (κ3) is 2.22. The Balaban J connectivity index is 2.32. The molecule has 1 aromatic heterocycles. The second kappa shape index (κ2) is 4.35. The van der Waals surface area contributed by atoms with Crippen molar-refractivity contribution in [2.75, 3.05) is 0 Å². The van der Waals surface area contributed by atoms with E-state index < -0.39 is 0 Å². The van der Waals surface area contributed by atoms with Crippen molar-refractivity contribution in [3.05, 3.63) is 51.4 Å². The van der Waals surface area contributed by atoms with Gasteiger partial charge in [-0.3, -0.25) is 4.68 Å². The fourth-order valence-corrected chi connectivity index (χ4v) is 1.94. The van der Waals surface area contributed by atoms with E-state index in [1.54, 1.807) is 0 Å². The molecular weight excluding hydrogens is 299 g/mol. The van der Waals surface area contributed by atoms with Gasteiger partial charge in [0.2, 0.25) is 0 Å². The summed E-state index contributed by atoms with van der Waals surface area (Å²) in [5.41, 5.74) is 2.38. The summed E-state index contributed by atoms with van der Waals surface area (Å²) in [6.07, 6.45) is 2.09. The molecule has 0 amide bonds. The van der Waals surface area contributed by atoms with Gasteiger partial charge in [0, 0.05) is 6.20 Å². The predicted octanol–water partition coefficient (Wildman–Crippen LogP) is 3.41. The van der Waals surface area contributed by atoms with Gasteiger partial charge in [-0.2, -0.15) is 5.10 Å². The van der Waals surface area contributed by atoms with E-state index in [0.29, 0.717) is 6.04 Å². The number of hydrogen-bond acceptors (Lipinski definition) is 1. The summed E-state index contributed by atoms with van der Waals surface area (Å²) in [4.78, 5) is 0. The summed E-state index contributed by atoms with van der Waals surface area (Å²) in [7, 11) is 0. The number of aromatic nitrogens is 2. The number of rotatable bonds is 2. The van der Waals surface area contributed by atoms with Crippen molar-refractivity contribution in [1.82, 2.24) is 9.78 Å². The number of aryl methyl sites for hydroxylation is 1. The molecule has 0 aliphatic rings. The van der Waals surface area contributed by atoms with E-state index in [9.17, 15) is 0 Å². The van der Waals surface area contributed by atoms with Crippen LogP contribution in [0.15, 0.2) is 36.5 Å². The van der Waals surface area contributed by atoms with Gasteiger partial charge < -0.3 is 0 Å². The number of benzene rings is 1. The average molecular weight is 312 g/mol. The average Bonchev–Trinajstić information content (AvgIpc) is 2.59. The Hall–Kier alpha value is -0.840. The molecule has 0 radical (unpaired) electrons. The lowest BCUT2D eigenvalue weighted by molar-refractivity contribution is 0.560. The van der Waals surface area contributed by atoms with Crippen LogP contribution in [0.4, 0.5) is 0 Å². The molecule has 78 valence electrons. The SMILES string of the molecule is Cc1nn(C(C)c2ccccc2)cc1I. The molecule has 0 saturated carbocycles. The zero-order valence-corrected chi connectivity index (χ0v) is 11.0. The van der Waals surface area contributed by atoms with Crippen LogP contribution in [0.25, 0.3) is 0 Å². The third-order valence-electron chi connectivity index (χ3n) is 2.54. The Morgan fingerprint density at radius 2 is 1.93 bits per heavy atom. The van der Waals surface area contributed by atoms with E-state index in [4.69, 9.17) is 0 Å². The minimum absolute atomic E-state index is 0.299. The first kappa shape index (κ1) is 10.7. The lowest BCUT2D eigenvalue weighted by Gasteiger charge is -2.11. The van der Waals surface area contributed by atoms with Crippen LogP contribution in [-0.4, -0.2) is 9.78 Å². The van der Waals surface area contributed by atoms with E-state index in [2.05, 4.69) is 65.1 Å². The highest BCUT2D eigenvalue weighted by atomic mass is 127. The van der Waals surface area contributed by atoms with Crippen molar-refractivity contribution in [2.45, 2.75) is 19.9 Å². The van der Waals surface area contributed by atoms with Gasteiger partial charge in [0.1, 0.15) is 0 Å². The minimum atomic E-state index is 0.299. The van der Waals surface area contributed by atoms with Crippen molar-refractivity contribution in [1.29, 1.82) is 0 Å². The van der Waals surface area contributed by atoms with Gasteiger partial charge in [-0.1, -0.05) is 30.3 Å². The fourth-order valence-electron chi connectivity index (χ4n) is 1.54. The molecule has 0 bridgehead atoms. The van der Waals surface area contributed by atoms with Crippen LogP contribution in [0, 0.1) is 10.5 Å². The molecule has 0 fully saturated rings. The normalized spacial score (nSPS) is 12.7. The van der Waals surface area contributed by atoms with Crippen molar-refractivity contribution in [2.24, 2.45) is 0 Å². The lowest BCUT2D eigenvalue weighted by atomic mass is 10.1. The zero-order chi connectivity index (χ0) is 10.8. The van der Waals surface area contributed by atoms with Crippen molar-refractivity contribution in [3.63, 3.8) is 0 Å². The fraction of sp³-hybridized carbons (Fsp3) is 0.250. The van der Waals surface area contributed by atoms with Crippen LogP contribution in [0.2, 0.25) is 0 Å². The van der Waals surface area contributed by atoms with E-state index >= 15 is 0 Å². The Kier molecular flexibility index (Phi) is 3.09. The molecule has 3 heteroatoms. The minimum Gasteiger partial charge on any atom is -0.264 e. The van der Waals surface area contributed by atoms with E-state index in [1.807, 2.05) is 17.7 Å². The largest absolute Gasteiger partial charge is 0.264 e. The molecule has 0 saturated heterocycles. The lowest BCUT2D eigenvalue weighted by Crippen LogP contribution is -2.07. The number of nitrogens with zero attached hydrogens (tertiary/aromatic N) is 2. The summed E-state index contributed by atoms with van der Waals surface area (Å²) in [6, 6.07) is 10.7. The molecule has 15 heavy (non-hydrogen) atoms. The molecule has 2 aromatic rings. The number of hydrogen-bond donors (Lipinski definition) is 0. The van der Waals surface area contributed by atoms with Crippen LogP contribution in [0.3, 0.4) is 0 Å². The Morgan fingerprint density at radius 3 is 2.47 bits per heavy atom. The van der Waals surface area contributed by atoms with Crippen molar-refractivity contribution < 1.29 is 0 Å². The molecular formula is C12H13IN2.